The largest absolute Gasteiger partial charge is 0.390 e. The van der Waals surface area contributed by atoms with E-state index >= 15 is 0 Å². The molecule has 2 aromatic rings. The fourth-order valence-electron chi connectivity index (χ4n) is 2.20. The van der Waals surface area contributed by atoms with Gasteiger partial charge in [-0.25, -0.2) is 4.39 Å². The Balaban J connectivity index is 2.18. The first-order valence-electron chi connectivity index (χ1n) is 6.32. The van der Waals surface area contributed by atoms with Gasteiger partial charge in [0.2, 0.25) is 0 Å². The molecule has 0 amide bonds. The van der Waals surface area contributed by atoms with Crippen LogP contribution in [-0.2, 0) is 11.2 Å². The number of halogens is 2. The molecule has 2 rings (SSSR count). The van der Waals surface area contributed by atoms with Crippen LogP contribution in [0.2, 0.25) is 0 Å². The molecule has 0 aliphatic heterocycles. The van der Waals surface area contributed by atoms with Crippen molar-refractivity contribution in [1.29, 1.82) is 0 Å². The Morgan fingerprint density at radius 3 is 2.50 bits per heavy atom. The number of rotatable bonds is 5. The summed E-state index contributed by atoms with van der Waals surface area (Å²) in [6.45, 7) is 0. The van der Waals surface area contributed by atoms with Crippen molar-refractivity contribution in [3.05, 3.63) is 69.9 Å². The zero-order valence-electron chi connectivity index (χ0n) is 11.1. The number of ether oxygens (including phenoxy) is 1. The first-order chi connectivity index (χ1) is 9.63. The highest BCUT2D eigenvalue weighted by atomic mass is 79.9. The molecule has 0 fully saturated rings. The van der Waals surface area contributed by atoms with Crippen molar-refractivity contribution in [2.75, 3.05) is 7.11 Å². The maximum atomic E-state index is 13.5. The number of benzene rings is 2. The van der Waals surface area contributed by atoms with Crippen LogP contribution in [0.3, 0.4) is 0 Å². The topological polar surface area (TPSA) is 29.5 Å². The molecular weight excluding hydrogens is 323 g/mol. The van der Waals surface area contributed by atoms with Crippen molar-refractivity contribution in [2.45, 2.75) is 18.6 Å². The monoisotopic (exact) mass is 338 g/mol. The summed E-state index contributed by atoms with van der Waals surface area (Å²) < 4.78 is 19.2. The Morgan fingerprint density at radius 1 is 1.15 bits per heavy atom. The molecule has 0 aliphatic carbocycles. The van der Waals surface area contributed by atoms with Crippen molar-refractivity contribution < 1.29 is 14.2 Å². The van der Waals surface area contributed by atoms with E-state index in [0.29, 0.717) is 10.9 Å². The molecule has 2 aromatic carbocycles. The lowest BCUT2D eigenvalue weighted by atomic mass is 9.98. The quantitative estimate of drug-likeness (QED) is 0.896. The highest BCUT2D eigenvalue weighted by Gasteiger charge is 2.22. The Kier molecular flexibility index (Phi) is 5.29. The van der Waals surface area contributed by atoms with Crippen LogP contribution >= 0.6 is 15.9 Å². The summed E-state index contributed by atoms with van der Waals surface area (Å²) in [6.07, 6.45) is -0.877. The second-order valence-corrected chi connectivity index (χ2v) is 5.34. The second-order valence-electron chi connectivity index (χ2n) is 4.55. The maximum Gasteiger partial charge on any atom is 0.137 e. The molecule has 2 atom stereocenters. The van der Waals surface area contributed by atoms with Gasteiger partial charge in [0.25, 0.3) is 0 Å². The van der Waals surface area contributed by atoms with Crippen molar-refractivity contribution in [2.24, 2.45) is 0 Å². The van der Waals surface area contributed by atoms with Gasteiger partial charge in [0.15, 0.2) is 0 Å². The van der Waals surface area contributed by atoms with Crippen LogP contribution in [0.4, 0.5) is 4.39 Å². The summed E-state index contributed by atoms with van der Waals surface area (Å²) in [6, 6.07) is 14.3. The summed E-state index contributed by atoms with van der Waals surface area (Å²) >= 11 is 3.21. The molecule has 1 N–H and O–H groups in total. The van der Waals surface area contributed by atoms with E-state index < -0.39 is 12.2 Å². The Hall–Kier alpha value is -1.23. The average Bonchev–Trinajstić information content (AvgIpc) is 2.46. The zero-order chi connectivity index (χ0) is 14.5. The van der Waals surface area contributed by atoms with Gasteiger partial charge in [-0.15, -0.1) is 0 Å². The third kappa shape index (κ3) is 3.45. The van der Waals surface area contributed by atoms with E-state index in [-0.39, 0.29) is 5.82 Å². The van der Waals surface area contributed by atoms with E-state index in [1.165, 1.54) is 6.07 Å². The number of hydrogen-bond donors (Lipinski definition) is 1. The molecule has 20 heavy (non-hydrogen) atoms. The lowest BCUT2D eigenvalue weighted by molar-refractivity contribution is -0.0129. The predicted molar refractivity (Wildman–Crippen MR) is 80.0 cm³/mol. The summed E-state index contributed by atoms with van der Waals surface area (Å²) in [7, 11) is 1.56. The summed E-state index contributed by atoms with van der Waals surface area (Å²) in [5.74, 6) is -0.330. The van der Waals surface area contributed by atoms with Crippen LogP contribution in [-0.4, -0.2) is 18.3 Å². The molecular formula is C16H16BrFO2. The molecule has 0 radical (unpaired) electrons. The summed E-state index contributed by atoms with van der Waals surface area (Å²) in [4.78, 5) is 0. The molecule has 4 heteroatoms. The zero-order valence-corrected chi connectivity index (χ0v) is 12.7. The summed E-state index contributed by atoms with van der Waals surface area (Å²) in [5, 5.41) is 10.4. The smallest absolute Gasteiger partial charge is 0.137 e. The van der Waals surface area contributed by atoms with Gasteiger partial charge < -0.3 is 9.84 Å². The molecule has 106 valence electrons. The third-order valence-corrected chi connectivity index (χ3v) is 4.08. The first-order valence-corrected chi connectivity index (χ1v) is 7.11. The van der Waals surface area contributed by atoms with Crippen molar-refractivity contribution in [3.63, 3.8) is 0 Å². The standard InChI is InChI=1S/C16H16BrFO2/c1-20-16(11-6-3-2-4-7-11)14(19)10-12-8-5-9-13(18)15(12)17/h2-9,14,16,19H,10H2,1H3. The molecule has 0 saturated carbocycles. The minimum absolute atomic E-state index is 0.311. The van der Waals surface area contributed by atoms with Gasteiger partial charge in [-0.2, -0.15) is 0 Å². The SMILES string of the molecule is COC(c1ccccc1)C(O)Cc1cccc(F)c1Br. The van der Waals surface area contributed by atoms with Gasteiger partial charge in [0, 0.05) is 13.5 Å². The minimum atomic E-state index is -0.750. The van der Waals surface area contributed by atoms with Gasteiger partial charge in [0.1, 0.15) is 11.9 Å². The highest BCUT2D eigenvalue weighted by molar-refractivity contribution is 9.10. The second kappa shape index (κ2) is 6.97. The van der Waals surface area contributed by atoms with Gasteiger partial charge in [-0.1, -0.05) is 42.5 Å². The van der Waals surface area contributed by atoms with E-state index in [0.717, 1.165) is 11.1 Å². The molecule has 2 unspecified atom stereocenters. The molecule has 2 nitrogen and oxygen atoms in total. The molecule has 0 aliphatic rings. The van der Waals surface area contributed by atoms with E-state index in [9.17, 15) is 9.50 Å². The number of hydrogen-bond acceptors (Lipinski definition) is 2. The molecule has 0 spiro atoms. The fraction of sp³-hybridized carbons (Fsp3) is 0.250. The molecule has 0 bridgehead atoms. The number of aliphatic hydroxyl groups excluding tert-OH is 1. The fourth-order valence-corrected chi connectivity index (χ4v) is 2.62. The third-order valence-electron chi connectivity index (χ3n) is 3.19. The normalized spacial score (nSPS) is 14.0. The van der Waals surface area contributed by atoms with E-state index in [4.69, 9.17) is 4.74 Å². The van der Waals surface area contributed by atoms with E-state index in [1.807, 2.05) is 30.3 Å². The van der Waals surface area contributed by atoms with E-state index in [1.54, 1.807) is 19.2 Å². The Labute approximate surface area is 126 Å². The Bertz CT molecular complexity index is 560. The maximum absolute atomic E-state index is 13.5. The molecule has 0 aromatic heterocycles. The van der Waals surface area contributed by atoms with Crippen molar-refractivity contribution in [3.8, 4) is 0 Å². The van der Waals surface area contributed by atoms with Gasteiger partial charge in [-0.3, -0.25) is 0 Å². The van der Waals surface area contributed by atoms with Crippen LogP contribution in [0.25, 0.3) is 0 Å². The van der Waals surface area contributed by atoms with Gasteiger partial charge >= 0.3 is 0 Å². The lowest BCUT2D eigenvalue weighted by Crippen LogP contribution is -2.23. The average molecular weight is 339 g/mol. The van der Waals surface area contributed by atoms with Gasteiger partial charge in [0.05, 0.1) is 10.6 Å². The minimum Gasteiger partial charge on any atom is -0.390 e. The number of methoxy groups -OCH3 is 1. The molecule has 0 heterocycles. The van der Waals surface area contributed by atoms with Crippen molar-refractivity contribution in [1.82, 2.24) is 0 Å². The number of aliphatic hydroxyl groups is 1. The van der Waals surface area contributed by atoms with Crippen LogP contribution < -0.4 is 0 Å². The van der Waals surface area contributed by atoms with E-state index in [2.05, 4.69) is 15.9 Å². The van der Waals surface area contributed by atoms with Crippen LogP contribution in [0.15, 0.2) is 53.0 Å². The highest BCUT2D eigenvalue weighted by Crippen LogP contribution is 2.27. The first kappa shape index (κ1) is 15.2. The van der Waals surface area contributed by atoms with Crippen LogP contribution in [0.1, 0.15) is 17.2 Å². The predicted octanol–water partition coefficient (Wildman–Crippen LogP) is 3.88. The lowest BCUT2D eigenvalue weighted by Gasteiger charge is -2.22. The molecule has 0 saturated heterocycles. The van der Waals surface area contributed by atoms with Crippen LogP contribution in [0.5, 0.6) is 0 Å². The van der Waals surface area contributed by atoms with Crippen LogP contribution in [0, 0.1) is 5.82 Å². The van der Waals surface area contributed by atoms with Crippen molar-refractivity contribution >= 4 is 15.9 Å². The summed E-state index contributed by atoms with van der Waals surface area (Å²) in [5.41, 5.74) is 1.62. The van der Waals surface area contributed by atoms with Gasteiger partial charge in [-0.05, 0) is 33.1 Å². The Morgan fingerprint density at radius 2 is 1.85 bits per heavy atom.